The summed E-state index contributed by atoms with van der Waals surface area (Å²) < 4.78 is 4.78. The molecule has 1 aliphatic heterocycles. The SMILES string of the molecule is CCC(C)C(C(=O)NC(Cc1ccccc1)C(O)CN(CCC(C)(C)C)NC(=O)C(NC(=O)OC)C(C)(C)C)N1CCN(Cc2cccc(CO)n2)C1=O. The maximum Gasteiger partial charge on any atom is 0.407 e. The van der Waals surface area contributed by atoms with Gasteiger partial charge in [0.2, 0.25) is 5.91 Å². The number of rotatable bonds is 18. The summed E-state index contributed by atoms with van der Waals surface area (Å²) in [5.74, 6) is -1.04. The molecule has 2 aromatic rings. The largest absolute Gasteiger partial charge is 0.453 e. The summed E-state index contributed by atoms with van der Waals surface area (Å²) in [6.45, 7) is 16.8. The Kier molecular flexibility index (Phi) is 16.2. The molecule has 5 atom stereocenters. The minimum Gasteiger partial charge on any atom is -0.453 e. The molecule has 0 aliphatic carbocycles. The third kappa shape index (κ3) is 13.2. The second-order valence-corrected chi connectivity index (χ2v) is 16.5. The Morgan fingerprint density at radius 1 is 0.963 bits per heavy atom. The van der Waals surface area contributed by atoms with E-state index in [-0.39, 0.29) is 43.0 Å². The van der Waals surface area contributed by atoms with Crippen LogP contribution in [0.25, 0.3) is 0 Å². The number of carbonyl (C=O) groups is 4. The van der Waals surface area contributed by atoms with E-state index in [0.29, 0.717) is 50.3 Å². The fourth-order valence-electron chi connectivity index (χ4n) is 6.35. The van der Waals surface area contributed by atoms with Crippen molar-refractivity contribution in [3.05, 3.63) is 65.5 Å². The number of benzene rings is 1. The molecule has 14 nitrogen and oxygen atoms in total. The minimum absolute atomic E-state index is 0.0288. The lowest BCUT2D eigenvalue weighted by Gasteiger charge is -2.36. The highest BCUT2D eigenvalue weighted by Gasteiger charge is 2.41. The highest BCUT2D eigenvalue weighted by molar-refractivity contribution is 5.88. The van der Waals surface area contributed by atoms with Crippen LogP contribution in [0.4, 0.5) is 9.59 Å². The van der Waals surface area contributed by atoms with Crippen molar-refractivity contribution in [2.75, 3.05) is 33.3 Å². The Morgan fingerprint density at radius 3 is 2.22 bits per heavy atom. The highest BCUT2D eigenvalue weighted by atomic mass is 16.5. The molecule has 1 aliphatic rings. The zero-order valence-electron chi connectivity index (χ0n) is 33.6. The van der Waals surface area contributed by atoms with Crippen LogP contribution in [0.1, 0.15) is 85.2 Å². The van der Waals surface area contributed by atoms with Crippen molar-refractivity contribution >= 4 is 23.9 Å². The van der Waals surface area contributed by atoms with E-state index in [1.807, 2.05) is 65.0 Å². The summed E-state index contributed by atoms with van der Waals surface area (Å²) in [5, 5.41) is 28.9. The van der Waals surface area contributed by atoms with Crippen LogP contribution in [0, 0.1) is 16.7 Å². The van der Waals surface area contributed by atoms with E-state index >= 15 is 0 Å². The number of ether oxygens (including phenoxy) is 1. The van der Waals surface area contributed by atoms with E-state index in [2.05, 4.69) is 41.8 Å². The molecule has 300 valence electrons. The molecule has 5 amide bonds. The number of alkyl carbamates (subject to hydrolysis) is 1. The first-order valence-corrected chi connectivity index (χ1v) is 18.9. The quantitative estimate of drug-likeness (QED) is 0.142. The first-order valence-electron chi connectivity index (χ1n) is 18.9. The second-order valence-electron chi connectivity index (χ2n) is 16.5. The van der Waals surface area contributed by atoms with Gasteiger partial charge >= 0.3 is 12.1 Å². The first kappa shape index (κ1) is 44.1. The number of nitrogens with zero attached hydrogens (tertiary/aromatic N) is 4. The summed E-state index contributed by atoms with van der Waals surface area (Å²) >= 11 is 0. The zero-order valence-corrected chi connectivity index (χ0v) is 33.6. The van der Waals surface area contributed by atoms with Gasteiger partial charge in [-0.25, -0.2) is 14.6 Å². The summed E-state index contributed by atoms with van der Waals surface area (Å²) in [7, 11) is 1.23. The normalized spacial score (nSPS) is 16.4. The van der Waals surface area contributed by atoms with Gasteiger partial charge in [-0.3, -0.25) is 20.0 Å². The summed E-state index contributed by atoms with van der Waals surface area (Å²) in [6.07, 6.45) is -0.285. The van der Waals surface area contributed by atoms with E-state index in [0.717, 1.165) is 5.56 Å². The summed E-state index contributed by atoms with van der Waals surface area (Å²) in [6, 6.07) is 12.0. The van der Waals surface area contributed by atoms with Gasteiger partial charge in [0.1, 0.15) is 12.1 Å². The third-order valence-electron chi connectivity index (χ3n) is 9.77. The van der Waals surface area contributed by atoms with Gasteiger partial charge in [0.25, 0.3) is 5.91 Å². The Labute approximate surface area is 321 Å². The fourth-order valence-corrected chi connectivity index (χ4v) is 6.35. The molecule has 0 bridgehead atoms. The number of carbonyl (C=O) groups excluding carboxylic acids is 4. The van der Waals surface area contributed by atoms with Crippen LogP contribution in [0.2, 0.25) is 0 Å². The van der Waals surface area contributed by atoms with Crippen LogP contribution in [0.3, 0.4) is 0 Å². The third-order valence-corrected chi connectivity index (χ3v) is 9.77. The van der Waals surface area contributed by atoms with E-state index in [4.69, 9.17) is 4.74 Å². The van der Waals surface area contributed by atoms with Gasteiger partial charge in [-0.1, -0.05) is 98.2 Å². The number of hydrogen-bond donors (Lipinski definition) is 5. The van der Waals surface area contributed by atoms with Crippen LogP contribution >= 0.6 is 0 Å². The lowest BCUT2D eigenvalue weighted by atomic mass is 9.86. The molecular weight excluding hydrogens is 690 g/mol. The number of aliphatic hydroxyl groups is 2. The van der Waals surface area contributed by atoms with Crippen molar-refractivity contribution in [3.63, 3.8) is 0 Å². The van der Waals surface area contributed by atoms with Crippen LogP contribution in [0.15, 0.2) is 48.5 Å². The number of amides is 5. The number of hydrazine groups is 1. The molecule has 1 aromatic carbocycles. The highest BCUT2D eigenvalue weighted by Crippen LogP contribution is 2.24. The minimum atomic E-state index is -1.15. The average molecular weight is 754 g/mol. The van der Waals surface area contributed by atoms with E-state index in [1.54, 1.807) is 33.0 Å². The van der Waals surface area contributed by atoms with Crippen LogP contribution < -0.4 is 16.1 Å². The molecule has 0 radical (unpaired) electrons. The topological polar surface area (TPSA) is 177 Å². The number of pyridine rings is 1. The van der Waals surface area contributed by atoms with Crippen molar-refractivity contribution in [1.82, 2.24) is 35.9 Å². The van der Waals surface area contributed by atoms with Gasteiger partial charge in [0.15, 0.2) is 0 Å². The number of aliphatic hydroxyl groups excluding tert-OH is 2. The smallest absolute Gasteiger partial charge is 0.407 e. The fraction of sp³-hybridized carbons (Fsp3) is 0.625. The maximum atomic E-state index is 14.4. The Balaban J connectivity index is 1.88. The number of methoxy groups -OCH3 is 1. The van der Waals surface area contributed by atoms with E-state index in [1.165, 1.54) is 7.11 Å². The van der Waals surface area contributed by atoms with Gasteiger partial charge in [0, 0.05) is 26.2 Å². The molecule has 2 heterocycles. The molecule has 3 rings (SSSR count). The van der Waals surface area contributed by atoms with Gasteiger partial charge in [-0.2, -0.15) is 0 Å². The molecule has 5 unspecified atom stereocenters. The number of urea groups is 1. The number of aromatic nitrogens is 1. The molecule has 1 saturated heterocycles. The molecular formula is C40H63N7O7. The van der Waals surface area contributed by atoms with Gasteiger partial charge in [-0.15, -0.1) is 0 Å². The van der Waals surface area contributed by atoms with Gasteiger partial charge < -0.3 is 35.4 Å². The van der Waals surface area contributed by atoms with Crippen LogP contribution in [0.5, 0.6) is 0 Å². The predicted molar refractivity (Wildman–Crippen MR) is 207 cm³/mol. The first-order chi connectivity index (χ1) is 25.4. The van der Waals surface area contributed by atoms with Crippen molar-refractivity contribution in [3.8, 4) is 0 Å². The van der Waals surface area contributed by atoms with Crippen LogP contribution in [-0.4, -0.2) is 111 Å². The monoisotopic (exact) mass is 753 g/mol. The Hall–Kier alpha value is -4.27. The number of nitrogens with one attached hydrogen (secondary N) is 3. The Morgan fingerprint density at radius 2 is 1.63 bits per heavy atom. The molecule has 1 aromatic heterocycles. The van der Waals surface area contributed by atoms with Crippen molar-refractivity contribution in [1.29, 1.82) is 0 Å². The summed E-state index contributed by atoms with van der Waals surface area (Å²) in [4.78, 5) is 61.8. The lowest BCUT2D eigenvalue weighted by Crippen LogP contribution is -2.60. The standard InChI is InChI=1S/C40H63N7O7/c1-10-27(2)33(47-22-21-45(38(47)53)24-29-17-14-18-30(26-48)41-29)35(50)42-31(23-28-15-12-11-13-16-28)32(49)25-46(20-19-39(3,4)5)44-36(51)34(40(6,7)8)43-37(52)54-9/h11-18,27,31-34,48-49H,10,19-26H2,1-9H3,(H,42,50)(H,43,52)(H,44,51). The zero-order chi connectivity index (χ0) is 40.2. The Bertz CT molecular complexity index is 1530. The van der Waals surface area contributed by atoms with Crippen molar-refractivity contribution < 1.29 is 34.1 Å². The van der Waals surface area contributed by atoms with Crippen molar-refractivity contribution in [2.45, 2.75) is 112 Å². The average Bonchev–Trinajstić information content (AvgIpc) is 3.46. The van der Waals surface area contributed by atoms with Gasteiger partial charge in [0.05, 0.1) is 43.8 Å². The van der Waals surface area contributed by atoms with Crippen LogP contribution in [-0.2, 0) is 33.9 Å². The number of hydrogen-bond acceptors (Lipinski definition) is 9. The maximum absolute atomic E-state index is 14.4. The van der Waals surface area contributed by atoms with E-state index < -0.39 is 41.6 Å². The molecule has 54 heavy (non-hydrogen) atoms. The summed E-state index contributed by atoms with van der Waals surface area (Å²) in [5.41, 5.74) is 4.22. The molecule has 0 spiro atoms. The van der Waals surface area contributed by atoms with Gasteiger partial charge in [-0.05, 0) is 47.3 Å². The van der Waals surface area contributed by atoms with E-state index in [9.17, 15) is 29.4 Å². The molecule has 14 heteroatoms. The predicted octanol–water partition coefficient (Wildman–Crippen LogP) is 3.85. The second kappa shape index (κ2) is 19.9. The molecule has 5 N–H and O–H groups in total. The molecule has 0 saturated carbocycles. The molecule has 1 fully saturated rings. The van der Waals surface area contributed by atoms with Crippen molar-refractivity contribution in [2.24, 2.45) is 16.7 Å². The lowest BCUT2D eigenvalue weighted by molar-refractivity contribution is -0.132.